The zero-order valence-electron chi connectivity index (χ0n) is 12.3. The van der Waals surface area contributed by atoms with E-state index in [1.807, 2.05) is 6.92 Å². The smallest absolute Gasteiger partial charge is 0.403 e. The lowest BCUT2D eigenvalue weighted by molar-refractivity contribution is -0.669. The van der Waals surface area contributed by atoms with E-state index in [1.165, 1.54) is 25.1 Å². The second-order valence-electron chi connectivity index (χ2n) is 5.14. The molecule has 1 aromatic rings. The minimum absolute atomic E-state index is 0.178. The molecule has 0 bridgehead atoms. The van der Waals surface area contributed by atoms with Crippen LogP contribution in [0.4, 0.5) is 4.79 Å². The summed E-state index contributed by atoms with van der Waals surface area (Å²) in [5.41, 5.74) is 0.243. The Labute approximate surface area is 135 Å². The van der Waals surface area contributed by atoms with E-state index in [0.717, 1.165) is 18.5 Å². The highest BCUT2D eigenvalue weighted by molar-refractivity contribution is 7.85. The van der Waals surface area contributed by atoms with Gasteiger partial charge in [0, 0.05) is 17.5 Å². The third-order valence-electron chi connectivity index (χ3n) is 3.26. The summed E-state index contributed by atoms with van der Waals surface area (Å²) < 4.78 is 35.9. The zero-order chi connectivity index (χ0) is 16.6. The Morgan fingerprint density at radius 2 is 2.05 bits per heavy atom. The fourth-order valence-electron chi connectivity index (χ4n) is 2.06. The second kappa shape index (κ2) is 9.09. The van der Waals surface area contributed by atoms with Crippen molar-refractivity contribution in [2.24, 2.45) is 5.92 Å². The molecule has 1 aromatic carbocycles. The molecule has 22 heavy (non-hydrogen) atoms. The van der Waals surface area contributed by atoms with Crippen molar-refractivity contribution < 1.29 is 27.8 Å². The van der Waals surface area contributed by atoms with Gasteiger partial charge in [-0.15, -0.1) is 0 Å². The van der Waals surface area contributed by atoms with Gasteiger partial charge in [-0.25, -0.2) is 13.2 Å². The van der Waals surface area contributed by atoms with Crippen LogP contribution in [0, 0.1) is 12.8 Å². The molecule has 2 rings (SSSR count). The van der Waals surface area contributed by atoms with E-state index in [4.69, 9.17) is 11.6 Å². The topological polar surface area (TPSA) is 100 Å². The minimum atomic E-state index is -4.27. The van der Waals surface area contributed by atoms with Gasteiger partial charge in [0.15, 0.2) is 0 Å². The predicted molar refractivity (Wildman–Crippen MR) is 80.7 cm³/mol. The molecule has 1 atom stereocenters. The first-order chi connectivity index (χ1) is 10.3. The van der Waals surface area contributed by atoms with Crippen LogP contribution >= 0.6 is 11.6 Å². The van der Waals surface area contributed by atoms with E-state index < -0.39 is 15.5 Å². The van der Waals surface area contributed by atoms with E-state index in [1.54, 1.807) is 12.1 Å². The molecule has 1 saturated heterocycles. The largest absolute Gasteiger partial charge is 0.744 e. The maximum Gasteiger partial charge on any atom is 0.403 e. The van der Waals surface area contributed by atoms with Crippen molar-refractivity contribution in [3.05, 3.63) is 29.8 Å². The lowest BCUT2D eigenvalue weighted by atomic mass is 10.0. The van der Waals surface area contributed by atoms with Crippen LogP contribution in [-0.2, 0) is 14.9 Å². The number of rotatable bonds is 3. The molecule has 1 fully saturated rings. The van der Waals surface area contributed by atoms with Gasteiger partial charge in [-0.3, -0.25) is 0 Å². The van der Waals surface area contributed by atoms with Crippen LogP contribution in [0.15, 0.2) is 29.2 Å². The SMILES string of the molecule is Cc1ccc(S(=O)(=O)[O-])cc1.O=C(Cl)OCC1CCC[NH2+]C1. The molecule has 0 saturated carbocycles. The molecule has 1 heterocycles. The van der Waals surface area contributed by atoms with Crippen LogP contribution in [0.5, 0.6) is 0 Å². The lowest BCUT2D eigenvalue weighted by Crippen LogP contribution is -2.87. The molecule has 0 amide bonds. The molecule has 0 aromatic heterocycles. The van der Waals surface area contributed by atoms with Gasteiger partial charge in [-0.05, 0) is 31.9 Å². The summed E-state index contributed by atoms with van der Waals surface area (Å²) in [5.74, 6) is 0.506. The number of ether oxygens (including phenoxy) is 1. The molecule has 1 aliphatic heterocycles. The van der Waals surface area contributed by atoms with Gasteiger partial charge in [0.25, 0.3) is 0 Å². The Kier molecular flexibility index (Phi) is 7.81. The number of hydrogen-bond acceptors (Lipinski definition) is 5. The molecule has 2 N–H and O–H groups in total. The quantitative estimate of drug-likeness (QED) is 0.653. The van der Waals surface area contributed by atoms with E-state index in [0.29, 0.717) is 12.5 Å². The molecular weight excluding hydrogens is 330 g/mol. The summed E-state index contributed by atoms with van der Waals surface area (Å²) in [6.07, 6.45) is 2.37. The highest BCUT2D eigenvalue weighted by Crippen LogP contribution is 2.08. The number of carbonyl (C=O) groups excluding carboxylic acids is 1. The van der Waals surface area contributed by atoms with Gasteiger partial charge in [0.1, 0.15) is 16.7 Å². The predicted octanol–water partition coefficient (Wildman–Crippen LogP) is 1.23. The first-order valence-electron chi connectivity index (χ1n) is 6.95. The van der Waals surface area contributed by atoms with E-state index in [9.17, 15) is 17.8 Å². The van der Waals surface area contributed by atoms with E-state index >= 15 is 0 Å². The number of carbonyl (C=O) groups is 1. The van der Waals surface area contributed by atoms with E-state index in [2.05, 4.69) is 10.1 Å². The summed E-state index contributed by atoms with van der Waals surface area (Å²) in [6, 6.07) is 5.78. The molecule has 0 radical (unpaired) electrons. The molecule has 124 valence electrons. The number of nitrogens with two attached hydrogens (primary N) is 1. The van der Waals surface area contributed by atoms with Crippen molar-refractivity contribution >= 4 is 27.1 Å². The van der Waals surface area contributed by atoms with Crippen LogP contribution < -0.4 is 5.32 Å². The van der Waals surface area contributed by atoms with Gasteiger partial charge in [0.05, 0.1) is 18.0 Å². The van der Waals surface area contributed by atoms with Gasteiger partial charge in [-0.1, -0.05) is 17.7 Å². The number of piperidine rings is 1. The maximum absolute atomic E-state index is 10.4. The Morgan fingerprint density at radius 3 is 2.50 bits per heavy atom. The summed E-state index contributed by atoms with van der Waals surface area (Å²) >= 11 is 5.03. The van der Waals surface area contributed by atoms with E-state index in [-0.39, 0.29) is 4.90 Å². The monoisotopic (exact) mass is 349 g/mol. The van der Waals surface area contributed by atoms with Gasteiger partial charge < -0.3 is 14.6 Å². The second-order valence-corrected chi connectivity index (χ2v) is 6.83. The van der Waals surface area contributed by atoms with Crippen LogP contribution in [-0.4, -0.2) is 38.1 Å². The first-order valence-corrected chi connectivity index (χ1v) is 8.74. The first kappa shape index (κ1) is 18.9. The lowest BCUT2D eigenvalue weighted by Gasteiger charge is -2.18. The number of halogens is 1. The van der Waals surface area contributed by atoms with Gasteiger partial charge in [0.2, 0.25) is 0 Å². The van der Waals surface area contributed by atoms with Gasteiger partial charge in [-0.2, -0.15) is 0 Å². The Balaban J connectivity index is 0.000000220. The average Bonchev–Trinajstić information content (AvgIpc) is 2.46. The van der Waals surface area contributed by atoms with Crippen molar-refractivity contribution in [1.29, 1.82) is 0 Å². The van der Waals surface area contributed by atoms with Crippen molar-refractivity contribution in [2.45, 2.75) is 24.7 Å². The number of hydrogen-bond donors (Lipinski definition) is 1. The van der Waals surface area contributed by atoms with Crippen molar-refractivity contribution in [3.63, 3.8) is 0 Å². The van der Waals surface area contributed by atoms with Crippen LogP contribution in [0.1, 0.15) is 18.4 Å². The average molecular weight is 350 g/mol. The third-order valence-corrected chi connectivity index (χ3v) is 4.22. The summed E-state index contributed by atoms with van der Waals surface area (Å²) in [4.78, 5) is 10.0. The highest BCUT2D eigenvalue weighted by Gasteiger charge is 2.16. The molecule has 1 unspecified atom stereocenters. The highest BCUT2D eigenvalue weighted by atomic mass is 35.5. The summed E-state index contributed by atoms with van der Waals surface area (Å²) in [6.45, 7) is 4.57. The molecule has 0 spiro atoms. The zero-order valence-corrected chi connectivity index (χ0v) is 13.9. The van der Waals surface area contributed by atoms with Crippen LogP contribution in [0.2, 0.25) is 0 Å². The van der Waals surface area contributed by atoms with Crippen molar-refractivity contribution in [1.82, 2.24) is 0 Å². The molecule has 0 aliphatic carbocycles. The summed E-state index contributed by atoms with van der Waals surface area (Å²) in [7, 11) is -4.27. The molecule has 8 heteroatoms. The number of quaternary nitrogens is 1. The number of aryl methyl sites for hydroxylation is 1. The molecular formula is C14H20ClNO5S. The van der Waals surface area contributed by atoms with Crippen molar-refractivity contribution in [3.8, 4) is 0 Å². The Bertz CT molecular complexity index is 567. The Hall–Kier alpha value is -1.15. The Morgan fingerprint density at radius 1 is 1.41 bits per heavy atom. The fraction of sp³-hybridized carbons (Fsp3) is 0.500. The summed E-state index contributed by atoms with van der Waals surface area (Å²) in [5, 5.41) is 2.25. The van der Waals surface area contributed by atoms with Crippen molar-refractivity contribution in [2.75, 3.05) is 19.7 Å². The van der Waals surface area contributed by atoms with Crippen LogP contribution in [0.25, 0.3) is 0 Å². The maximum atomic E-state index is 10.4. The minimum Gasteiger partial charge on any atom is -0.744 e. The molecule has 1 aliphatic rings. The van der Waals surface area contributed by atoms with Crippen LogP contribution in [0.3, 0.4) is 0 Å². The molecule has 6 nitrogen and oxygen atoms in total. The third kappa shape index (κ3) is 7.74. The fourth-order valence-corrected chi connectivity index (χ4v) is 2.59. The number of benzene rings is 1. The standard InChI is InChI=1S/C7H12ClNO2.C7H8O3S/c8-7(10)11-5-6-2-1-3-9-4-6;1-6-2-4-7(5-3-6)11(8,9)10/h6,9H,1-5H2;2-5H,1H3,(H,8,9,10). The normalized spacial score (nSPS) is 18.0. The van der Waals surface area contributed by atoms with Gasteiger partial charge >= 0.3 is 5.43 Å².